The molecule has 2 heterocycles. The normalized spacial score (nSPS) is 25.4. The zero-order valence-electron chi connectivity index (χ0n) is 10.6. The van der Waals surface area contributed by atoms with E-state index in [1.165, 1.54) is 0 Å². The van der Waals surface area contributed by atoms with Gasteiger partial charge in [0.25, 0.3) is 5.91 Å². The summed E-state index contributed by atoms with van der Waals surface area (Å²) in [5.41, 5.74) is 0. The standard InChI is InChI=1S/C14H17NO4/c16-8-10-4-3-7-15(10)14(17)13-9-18-11-5-1-2-6-12(11)19-13/h1-2,5-6,10,13,16H,3-4,7-9H2/t10-,13-/m1/s1. The molecule has 1 saturated heterocycles. The minimum atomic E-state index is -0.609. The molecule has 1 amide bonds. The summed E-state index contributed by atoms with van der Waals surface area (Å²) < 4.78 is 11.3. The summed E-state index contributed by atoms with van der Waals surface area (Å²) in [5.74, 6) is 1.18. The summed E-state index contributed by atoms with van der Waals surface area (Å²) >= 11 is 0. The summed E-state index contributed by atoms with van der Waals surface area (Å²) in [6.45, 7) is 0.923. The first-order valence-corrected chi connectivity index (χ1v) is 6.59. The zero-order chi connectivity index (χ0) is 13.2. The van der Waals surface area contributed by atoms with Crippen molar-refractivity contribution in [1.82, 2.24) is 4.90 Å². The maximum absolute atomic E-state index is 12.4. The fourth-order valence-corrected chi connectivity index (χ4v) is 2.64. The molecule has 19 heavy (non-hydrogen) atoms. The Kier molecular flexibility index (Phi) is 3.29. The Morgan fingerprint density at radius 1 is 1.37 bits per heavy atom. The molecule has 5 nitrogen and oxygen atoms in total. The average Bonchev–Trinajstić information content (AvgIpc) is 2.94. The molecule has 3 rings (SSSR count). The second kappa shape index (κ2) is 5.09. The lowest BCUT2D eigenvalue weighted by atomic mass is 10.2. The van der Waals surface area contributed by atoms with Crippen LogP contribution in [0.25, 0.3) is 0 Å². The van der Waals surface area contributed by atoms with Gasteiger partial charge >= 0.3 is 0 Å². The van der Waals surface area contributed by atoms with Gasteiger partial charge in [-0.05, 0) is 25.0 Å². The molecule has 1 aromatic carbocycles. The summed E-state index contributed by atoms with van der Waals surface area (Å²) in [6.07, 6.45) is 1.18. The van der Waals surface area contributed by atoms with Crippen LogP contribution >= 0.6 is 0 Å². The van der Waals surface area contributed by atoms with Crippen molar-refractivity contribution in [2.24, 2.45) is 0 Å². The molecule has 2 aliphatic rings. The monoisotopic (exact) mass is 263 g/mol. The van der Waals surface area contributed by atoms with Crippen LogP contribution in [0.3, 0.4) is 0 Å². The number of rotatable bonds is 2. The fraction of sp³-hybridized carbons (Fsp3) is 0.500. The van der Waals surface area contributed by atoms with Gasteiger partial charge in [-0.15, -0.1) is 0 Å². The Morgan fingerprint density at radius 2 is 2.16 bits per heavy atom. The highest BCUT2D eigenvalue weighted by Gasteiger charge is 2.36. The highest BCUT2D eigenvalue weighted by Crippen LogP contribution is 2.32. The summed E-state index contributed by atoms with van der Waals surface area (Å²) in [4.78, 5) is 14.1. The van der Waals surface area contributed by atoms with Crippen molar-refractivity contribution in [3.05, 3.63) is 24.3 Å². The number of aliphatic hydroxyl groups excluding tert-OH is 1. The number of aliphatic hydroxyl groups is 1. The average molecular weight is 263 g/mol. The molecule has 0 aliphatic carbocycles. The number of hydrogen-bond acceptors (Lipinski definition) is 4. The minimum Gasteiger partial charge on any atom is -0.485 e. The van der Waals surface area contributed by atoms with Crippen molar-refractivity contribution in [2.45, 2.75) is 25.0 Å². The Morgan fingerprint density at radius 3 is 2.95 bits per heavy atom. The van der Waals surface area contributed by atoms with Gasteiger partial charge in [0.15, 0.2) is 11.5 Å². The maximum Gasteiger partial charge on any atom is 0.267 e. The first-order chi connectivity index (χ1) is 9.29. The Hall–Kier alpha value is -1.75. The fourth-order valence-electron chi connectivity index (χ4n) is 2.64. The van der Waals surface area contributed by atoms with E-state index in [9.17, 15) is 9.90 Å². The summed E-state index contributed by atoms with van der Waals surface area (Å²) in [7, 11) is 0. The highest BCUT2D eigenvalue weighted by molar-refractivity contribution is 5.82. The number of carbonyl (C=O) groups excluding carboxylic acids is 1. The van der Waals surface area contributed by atoms with E-state index in [-0.39, 0.29) is 25.2 Å². The van der Waals surface area contributed by atoms with Gasteiger partial charge < -0.3 is 19.5 Å². The van der Waals surface area contributed by atoms with Gasteiger partial charge in [-0.3, -0.25) is 4.79 Å². The van der Waals surface area contributed by atoms with Crippen molar-refractivity contribution < 1.29 is 19.4 Å². The van der Waals surface area contributed by atoms with E-state index in [1.54, 1.807) is 11.0 Å². The molecule has 0 saturated carbocycles. The number of fused-ring (bicyclic) bond motifs is 1. The SMILES string of the molecule is O=C([C@H]1COc2ccccc2O1)N1CCC[C@@H]1CO. The van der Waals surface area contributed by atoms with Crippen LogP contribution in [0.4, 0.5) is 0 Å². The molecule has 1 aromatic rings. The lowest BCUT2D eigenvalue weighted by molar-refractivity contribution is -0.142. The second-order valence-electron chi connectivity index (χ2n) is 4.87. The lowest BCUT2D eigenvalue weighted by Crippen LogP contribution is -2.49. The molecule has 0 aromatic heterocycles. The third kappa shape index (κ3) is 2.26. The Balaban J connectivity index is 1.72. The minimum absolute atomic E-state index is 0.00983. The number of ether oxygens (including phenoxy) is 2. The summed E-state index contributed by atoms with van der Waals surface area (Å²) in [6, 6.07) is 7.26. The maximum atomic E-state index is 12.4. The largest absolute Gasteiger partial charge is 0.485 e. The van der Waals surface area contributed by atoms with Gasteiger partial charge in [-0.25, -0.2) is 0 Å². The molecule has 0 unspecified atom stereocenters. The van der Waals surface area contributed by atoms with E-state index in [4.69, 9.17) is 9.47 Å². The quantitative estimate of drug-likeness (QED) is 0.858. The molecular weight excluding hydrogens is 246 g/mol. The van der Waals surface area contributed by atoms with Crippen LogP contribution in [0, 0.1) is 0 Å². The Labute approximate surface area is 111 Å². The van der Waals surface area contributed by atoms with Gasteiger partial charge in [-0.1, -0.05) is 12.1 Å². The van der Waals surface area contributed by atoms with E-state index in [2.05, 4.69) is 0 Å². The summed E-state index contributed by atoms with van der Waals surface area (Å²) in [5, 5.41) is 9.28. The van der Waals surface area contributed by atoms with E-state index < -0.39 is 6.10 Å². The number of hydrogen-bond donors (Lipinski definition) is 1. The number of para-hydroxylation sites is 2. The molecule has 1 fully saturated rings. The molecule has 2 atom stereocenters. The Bertz CT molecular complexity index is 476. The van der Waals surface area contributed by atoms with Crippen molar-refractivity contribution in [2.75, 3.05) is 19.8 Å². The van der Waals surface area contributed by atoms with Crippen LogP contribution in [0.5, 0.6) is 11.5 Å². The molecule has 1 N–H and O–H groups in total. The molecule has 2 aliphatic heterocycles. The first-order valence-electron chi connectivity index (χ1n) is 6.59. The van der Waals surface area contributed by atoms with Gasteiger partial charge in [0.2, 0.25) is 6.10 Å². The third-order valence-electron chi connectivity index (χ3n) is 3.65. The van der Waals surface area contributed by atoms with Gasteiger partial charge in [0.1, 0.15) is 6.61 Å². The molecule has 0 radical (unpaired) electrons. The van der Waals surface area contributed by atoms with Crippen LogP contribution in [0.15, 0.2) is 24.3 Å². The van der Waals surface area contributed by atoms with Crippen LogP contribution in [0.2, 0.25) is 0 Å². The lowest BCUT2D eigenvalue weighted by Gasteiger charge is -2.31. The molecule has 102 valence electrons. The second-order valence-corrected chi connectivity index (χ2v) is 4.87. The van der Waals surface area contributed by atoms with Gasteiger partial charge in [0.05, 0.1) is 12.6 Å². The van der Waals surface area contributed by atoms with Crippen LogP contribution in [0.1, 0.15) is 12.8 Å². The van der Waals surface area contributed by atoms with Crippen molar-refractivity contribution in [1.29, 1.82) is 0 Å². The van der Waals surface area contributed by atoms with E-state index in [0.717, 1.165) is 12.8 Å². The van der Waals surface area contributed by atoms with Crippen LogP contribution < -0.4 is 9.47 Å². The predicted molar refractivity (Wildman–Crippen MR) is 68.2 cm³/mol. The van der Waals surface area contributed by atoms with Crippen molar-refractivity contribution in [3.8, 4) is 11.5 Å². The zero-order valence-corrected chi connectivity index (χ0v) is 10.6. The number of carbonyl (C=O) groups is 1. The van der Waals surface area contributed by atoms with Gasteiger partial charge in [-0.2, -0.15) is 0 Å². The molecule has 5 heteroatoms. The first kappa shape index (κ1) is 12.3. The van der Waals surface area contributed by atoms with Crippen LogP contribution in [-0.4, -0.2) is 47.8 Å². The topological polar surface area (TPSA) is 59.0 Å². The predicted octanol–water partition coefficient (Wildman–Crippen LogP) is 0.810. The van der Waals surface area contributed by atoms with Crippen molar-refractivity contribution in [3.63, 3.8) is 0 Å². The number of nitrogens with zero attached hydrogens (tertiary/aromatic N) is 1. The molecular formula is C14H17NO4. The van der Waals surface area contributed by atoms with Gasteiger partial charge in [0, 0.05) is 6.54 Å². The number of likely N-dealkylation sites (tertiary alicyclic amines) is 1. The molecule has 0 spiro atoms. The smallest absolute Gasteiger partial charge is 0.267 e. The third-order valence-corrected chi connectivity index (χ3v) is 3.65. The van der Waals surface area contributed by atoms with Crippen LogP contribution in [-0.2, 0) is 4.79 Å². The van der Waals surface area contributed by atoms with E-state index in [0.29, 0.717) is 18.0 Å². The van der Waals surface area contributed by atoms with E-state index in [1.807, 2.05) is 18.2 Å². The number of benzene rings is 1. The molecule has 0 bridgehead atoms. The number of amides is 1. The highest BCUT2D eigenvalue weighted by atomic mass is 16.6. The van der Waals surface area contributed by atoms with Crippen molar-refractivity contribution >= 4 is 5.91 Å². The van der Waals surface area contributed by atoms with E-state index >= 15 is 0 Å².